The van der Waals surface area contributed by atoms with E-state index in [9.17, 15) is 4.79 Å². The van der Waals surface area contributed by atoms with Crippen LogP contribution in [0.15, 0.2) is 24.5 Å². The highest BCUT2D eigenvalue weighted by atomic mass is 16.5. The smallest absolute Gasteiger partial charge is 0.248 e. The third-order valence-corrected chi connectivity index (χ3v) is 5.14. The number of amides is 1. The highest BCUT2D eigenvalue weighted by Crippen LogP contribution is 2.39. The number of methoxy groups -OCH3 is 1. The first-order valence-corrected chi connectivity index (χ1v) is 8.78. The van der Waals surface area contributed by atoms with Crippen LogP contribution in [0.5, 0.6) is 0 Å². The fourth-order valence-corrected chi connectivity index (χ4v) is 3.76. The Morgan fingerprint density at radius 3 is 2.79 bits per heavy atom. The number of nitrogens with zero attached hydrogens (tertiary/aromatic N) is 3. The molecule has 0 saturated carbocycles. The molecule has 6 nitrogen and oxygen atoms in total. The molecule has 1 aromatic heterocycles. The van der Waals surface area contributed by atoms with Crippen LogP contribution in [0.4, 0.5) is 0 Å². The number of carbonyl (C=O) groups is 1. The second-order valence-corrected chi connectivity index (χ2v) is 6.45. The van der Waals surface area contributed by atoms with Crippen molar-refractivity contribution in [1.29, 1.82) is 0 Å². The molecule has 2 unspecified atom stereocenters. The van der Waals surface area contributed by atoms with Crippen molar-refractivity contribution in [2.24, 2.45) is 0 Å². The van der Waals surface area contributed by atoms with Gasteiger partial charge in [0, 0.05) is 51.8 Å². The minimum atomic E-state index is 0.109. The molecule has 2 aliphatic rings. The molecule has 2 aliphatic heterocycles. The van der Waals surface area contributed by atoms with Gasteiger partial charge < -0.3 is 14.4 Å². The standard InChI is InChI=1S/C18H27N3O3/c1-3-24-13-17(22)20-9-6-15(7-10-20)21-12-16(23-2)18(21)14-5-4-8-19-11-14/h4-5,8,11,15-16,18H,3,6-7,9-10,12-13H2,1-2H3. The average molecular weight is 333 g/mol. The Balaban J connectivity index is 1.57. The minimum absolute atomic E-state index is 0.109. The van der Waals surface area contributed by atoms with E-state index in [1.807, 2.05) is 24.1 Å². The Morgan fingerprint density at radius 2 is 2.17 bits per heavy atom. The molecule has 0 bridgehead atoms. The third kappa shape index (κ3) is 3.61. The van der Waals surface area contributed by atoms with Gasteiger partial charge in [-0.3, -0.25) is 14.7 Å². The monoisotopic (exact) mass is 333 g/mol. The number of hydrogen-bond acceptors (Lipinski definition) is 5. The summed E-state index contributed by atoms with van der Waals surface area (Å²) in [6.45, 7) is 5.27. The van der Waals surface area contributed by atoms with Crippen molar-refractivity contribution in [1.82, 2.24) is 14.8 Å². The Kier molecular flexibility index (Phi) is 5.81. The summed E-state index contributed by atoms with van der Waals surface area (Å²) in [5, 5.41) is 0. The highest BCUT2D eigenvalue weighted by molar-refractivity contribution is 5.77. The largest absolute Gasteiger partial charge is 0.378 e. The molecule has 3 heterocycles. The van der Waals surface area contributed by atoms with Crippen LogP contribution in [0, 0.1) is 0 Å². The van der Waals surface area contributed by atoms with Crippen molar-refractivity contribution in [3.63, 3.8) is 0 Å². The van der Waals surface area contributed by atoms with Crippen LogP contribution >= 0.6 is 0 Å². The van der Waals surface area contributed by atoms with E-state index < -0.39 is 0 Å². The van der Waals surface area contributed by atoms with E-state index in [1.165, 1.54) is 5.56 Å². The zero-order valence-electron chi connectivity index (χ0n) is 14.6. The van der Waals surface area contributed by atoms with Gasteiger partial charge in [-0.15, -0.1) is 0 Å². The molecule has 3 rings (SSSR count). The van der Waals surface area contributed by atoms with Crippen LogP contribution in [-0.2, 0) is 14.3 Å². The normalized spacial score (nSPS) is 25.5. The lowest BCUT2D eigenvalue weighted by molar-refractivity contribution is -0.141. The Hall–Kier alpha value is -1.50. The van der Waals surface area contributed by atoms with Gasteiger partial charge in [0.25, 0.3) is 0 Å². The number of piperidine rings is 1. The molecule has 0 aliphatic carbocycles. The lowest BCUT2D eigenvalue weighted by Gasteiger charge is -2.52. The van der Waals surface area contributed by atoms with Crippen LogP contribution in [0.2, 0.25) is 0 Å². The van der Waals surface area contributed by atoms with E-state index in [1.54, 1.807) is 13.3 Å². The number of carbonyl (C=O) groups excluding carboxylic acids is 1. The highest BCUT2D eigenvalue weighted by Gasteiger charge is 2.44. The summed E-state index contributed by atoms with van der Waals surface area (Å²) in [6, 6.07) is 4.88. The predicted molar refractivity (Wildman–Crippen MR) is 90.6 cm³/mol. The number of likely N-dealkylation sites (tertiary alicyclic amines) is 2. The molecule has 0 radical (unpaired) electrons. The van der Waals surface area contributed by atoms with Crippen LogP contribution in [0.25, 0.3) is 0 Å². The molecule has 2 atom stereocenters. The summed E-state index contributed by atoms with van der Waals surface area (Å²) in [7, 11) is 1.78. The van der Waals surface area contributed by atoms with E-state index in [-0.39, 0.29) is 24.7 Å². The first-order valence-electron chi connectivity index (χ1n) is 8.78. The fourth-order valence-electron chi connectivity index (χ4n) is 3.76. The summed E-state index contributed by atoms with van der Waals surface area (Å²) in [6.07, 6.45) is 5.98. The molecule has 1 aromatic rings. The topological polar surface area (TPSA) is 54.9 Å². The maximum atomic E-state index is 12.1. The molecule has 2 saturated heterocycles. The lowest BCUT2D eigenvalue weighted by Crippen LogP contribution is -2.60. The molecule has 0 aromatic carbocycles. The SMILES string of the molecule is CCOCC(=O)N1CCC(N2CC(OC)C2c2cccnc2)CC1. The van der Waals surface area contributed by atoms with Gasteiger partial charge in [0.15, 0.2) is 0 Å². The van der Waals surface area contributed by atoms with Gasteiger partial charge in [0.2, 0.25) is 5.91 Å². The first-order chi connectivity index (χ1) is 11.7. The van der Waals surface area contributed by atoms with Gasteiger partial charge in [-0.1, -0.05) is 6.07 Å². The summed E-state index contributed by atoms with van der Waals surface area (Å²) in [5.74, 6) is 0.109. The van der Waals surface area contributed by atoms with Gasteiger partial charge in [0.05, 0.1) is 12.1 Å². The molecular formula is C18H27N3O3. The molecular weight excluding hydrogens is 306 g/mol. The van der Waals surface area contributed by atoms with E-state index in [0.29, 0.717) is 12.6 Å². The average Bonchev–Trinajstić information content (AvgIpc) is 2.60. The maximum absolute atomic E-state index is 12.1. The summed E-state index contributed by atoms with van der Waals surface area (Å²) in [5.41, 5.74) is 1.21. The number of ether oxygens (including phenoxy) is 2. The zero-order chi connectivity index (χ0) is 16.9. The summed E-state index contributed by atoms with van der Waals surface area (Å²) in [4.78, 5) is 20.7. The molecule has 1 amide bonds. The molecule has 132 valence electrons. The van der Waals surface area contributed by atoms with E-state index in [0.717, 1.165) is 32.5 Å². The van der Waals surface area contributed by atoms with Gasteiger partial charge in [-0.05, 0) is 31.4 Å². The quantitative estimate of drug-likeness (QED) is 0.789. The van der Waals surface area contributed by atoms with Crippen molar-refractivity contribution in [3.8, 4) is 0 Å². The zero-order valence-corrected chi connectivity index (χ0v) is 14.6. The molecule has 2 fully saturated rings. The maximum Gasteiger partial charge on any atom is 0.248 e. The van der Waals surface area contributed by atoms with Crippen molar-refractivity contribution in [3.05, 3.63) is 30.1 Å². The Morgan fingerprint density at radius 1 is 1.38 bits per heavy atom. The molecule has 0 N–H and O–H groups in total. The first kappa shape index (κ1) is 17.3. The molecule has 24 heavy (non-hydrogen) atoms. The van der Waals surface area contributed by atoms with Crippen LogP contribution in [0.1, 0.15) is 31.4 Å². The number of pyridine rings is 1. The molecule has 6 heteroatoms. The van der Waals surface area contributed by atoms with Crippen LogP contribution in [-0.4, -0.2) is 72.8 Å². The number of rotatable bonds is 6. The second kappa shape index (κ2) is 8.05. The minimum Gasteiger partial charge on any atom is -0.378 e. The molecule has 0 spiro atoms. The third-order valence-electron chi connectivity index (χ3n) is 5.14. The van der Waals surface area contributed by atoms with E-state index in [2.05, 4.69) is 16.0 Å². The van der Waals surface area contributed by atoms with Gasteiger partial charge in [-0.25, -0.2) is 0 Å². The van der Waals surface area contributed by atoms with Crippen molar-refractivity contribution >= 4 is 5.91 Å². The second-order valence-electron chi connectivity index (χ2n) is 6.45. The van der Waals surface area contributed by atoms with Crippen molar-refractivity contribution in [2.75, 3.05) is 40.0 Å². The van der Waals surface area contributed by atoms with E-state index in [4.69, 9.17) is 9.47 Å². The van der Waals surface area contributed by atoms with Gasteiger partial charge in [-0.2, -0.15) is 0 Å². The Labute approximate surface area is 143 Å². The van der Waals surface area contributed by atoms with Gasteiger partial charge in [0.1, 0.15) is 6.61 Å². The summed E-state index contributed by atoms with van der Waals surface area (Å²) < 4.78 is 10.9. The number of aromatic nitrogens is 1. The van der Waals surface area contributed by atoms with E-state index >= 15 is 0 Å². The van der Waals surface area contributed by atoms with Crippen molar-refractivity contribution in [2.45, 2.75) is 38.0 Å². The van der Waals surface area contributed by atoms with Crippen LogP contribution in [0.3, 0.4) is 0 Å². The lowest BCUT2D eigenvalue weighted by atomic mass is 9.87. The predicted octanol–water partition coefficient (Wildman–Crippen LogP) is 1.48. The number of hydrogen-bond donors (Lipinski definition) is 0. The fraction of sp³-hybridized carbons (Fsp3) is 0.667. The summed E-state index contributed by atoms with van der Waals surface area (Å²) >= 11 is 0. The Bertz CT molecular complexity index is 532. The van der Waals surface area contributed by atoms with Gasteiger partial charge >= 0.3 is 0 Å². The van der Waals surface area contributed by atoms with Crippen molar-refractivity contribution < 1.29 is 14.3 Å². The van der Waals surface area contributed by atoms with Crippen LogP contribution < -0.4 is 0 Å².